The Hall–Kier alpha value is -0.820. The van der Waals surface area contributed by atoms with Crippen LogP contribution in [0.15, 0.2) is 28.7 Å². The summed E-state index contributed by atoms with van der Waals surface area (Å²) in [5.74, 6) is 0.568. The maximum absolute atomic E-state index is 12.3. The lowest BCUT2D eigenvalue weighted by molar-refractivity contribution is -0.128. The van der Waals surface area contributed by atoms with Crippen LogP contribution in [0.1, 0.15) is 19.8 Å². The summed E-state index contributed by atoms with van der Waals surface area (Å²) in [6, 6.07) is 7.52. The van der Waals surface area contributed by atoms with E-state index in [-0.39, 0.29) is 23.7 Å². The van der Waals surface area contributed by atoms with Gasteiger partial charge in [0.1, 0.15) is 5.75 Å². The topological polar surface area (TPSA) is 59.6 Å². The van der Waals surface area contributed by atoms with Crippen LogP contribution in [0.5, 0.6) is 5.75 Å². The van der Waals surface area contributed by atoms with Crippen LogP contribution in [0.4, 0.5) is 0 Å². The Balaban J connectivity index is 0.00000288. The van der Waals surface area contributed by atoms with Crippen LogP contribution in [0, 0.1) is 5.41 Å². The fraction of sp³-hybridized carbons (Fsp3) is 0.588. The van der Waals surface area contributed by atoms with Crippen molar-refractivity contribution in [1.29, 1.82) is 0 Å². The molecule has 0 saturated carbocycles. The molecule has 1 heterocycles. The molecule has 2 N–H and O–H groups in total. The van der Waals surface area contributed by atoms with Crippen molar-refractivity contribution >= 4 is 34.2 Å². The summed E-state index contributed by atoms with van der Waals surface area (Å²) in [5.41, 5.74) is 0.0166. The lowest BCUT2D eigenvalue weighted by Gasteiger charge is -2.37. The number of nitrogens with one attached hydrogen (secondary N) is 2. The molecule has 24 heavy (non-hydrogen) atoms. The van der Waals surface area contributed by atoms with Gasteiger partial charge in [0.05, 0.1) is 11.1 Å². The van der Waals surface area contributed by atoms with Crippen molar-refractivity contribution in [1.82, 2.24) is 10.6 Å². The molecule has 5 nitrogen and oxygen atoms in total. The summed E-state index contributed by atoms with van der Waals surface area (Å²) in [4.78, 5) is 12.3. The first-order valence-electron chi connectivity index (χ1n) is 7.95. The van der Waals surface area contributed by atoms with Crippen LogP contribution < -0.4 is 15.4 Å². The summed E-state index contributed by atoms with van der Waals surface area (Å²) in [7, 11) is 1.71. The normalized spacial score (nSPS) is 17.5. The Kier molecular flexibility index (Phi) is 9.05. The maximum Gasteiger partial charge on any atom is 0.260 e. The van der Waals surface area contributed by atoms with Gasteiger partial charge < -0.3 is 20.1 Å². The number of carbonyl (C=O) groups excluding carboxylic acids is 1. The molecule has 2 rings (SSSR count). The van der Waals surface area contributed by atoms with Crippen LogP contribution in [-0.4, -0.2) is 45.4 Å². The van der Waals surface area contributed by atoms with Gasteiger partial charge in [-0.3, -0.25) is 4.79 Å². The number of methoxy groups -OCH3 is 1. The zero-order valence-electron chi connectivity index (χ0n) is 14.1. The average molecular weight is 422 g/mol. The number of rotatable bonds is 7. The van der Waals surface area contributed by atoms with E-state index in [9.17, 15) is 4.79 Å². The molecule has 7 heteroatoms. The molecule has 1 fully saturated rings. The molecule has 1 unspecified atom stereocenters. The van der Waals surface area contributed by atoms with Gasteiger partial charge in [0.25, 0.3) is 5.91 Å². The summed E-state index contributed by atoms with van der Waals surface area (Å²) >= 11 is 3.42. The third kappa shape index (κ3) is 5.92. The van der Waals surface area contributed by atoms with Crippen molar-refractivity contribution in [3.8, 4) is 5.75 Å². The lowest BCUT2D eigenvalue weighted by atomic mass is 9.79. The first-order valence-corrected chi connectivity index (χ1v) is 8.74. The van der Waals surface area contributed by atoms with Gasteiger partial charge >= 0.3 is 0 Å². The van der Waals surface area contributed by atoms with Crippen LogP contribution in [-0.2, 0) is 9.53 Å². The fourth-order valence-corrected chi connectivity index (χ4v) is 3.22. The van der Waals surface area contributed by atoms with E-state index in [0.717, 1.165) is 30.4 Å². The first-order chi connectivity index (χ1) is 11.1. The van der Waals surface area contributed by atoms with Gasteiger partial charge in [-0.2, -0.15) is 0 Å². The number of hydrogen-bond acceptors (Lipinski definition) is 4. The highest BCUT2D eigenvalue weighted by Gasteiger charge is 2.33. The van der Waals surface area contributed by atoms with Gasteiger partial charge in [-0.15, -0.1) is 12.4 Å². The molecule has 1 saturated heterocycles. The van der Waals surface area contributed by atoms with Gasteiger partial charge in [0.15, 0.2) is 6.10 Å². The molecule has 0 spiro atoms. The quantitative estimate of drug-likeness (QED) is 0.711. The second-order valence-corrected chi connectivity index (χ2v) is 6.95. The molecular formula is C17H26BrClN2O3. The highest BCUT2D eigenvalue weighted by molar-refractivity contribution is 9.10. The third-order valence-corrected chi connectivity index (χ3v) is 4.92. The number of halogens is 2. The Morgan fingerprint density at radius 3 is 2.67 bits per heavy atom. The van der Waals surface area contributed by atoms with Crippen molar-refractivity contribution < 1.29 is 14.3 Å². The fourth-order valence-electron chi connectivity index (χ4n) is 2.84. The van der Waals surface area contributed by atoms with E-state index in [4.69, 9.17) is 9.47 Å². The number of hydrogen-bond donors (Lipinski definition) is 2. The number of benzene rings is 1. The van der Waals surface area contributed by atoms with Gasteiger partial charge in [-0.05, 0) is 60.9 Å². The Morgan fingerprint density at radius 2 is 2.04 bits per heavy atom. The van der Waals surface area contributed by atoms with E-state index in [0.29, 0.717) is 18.9 Å². The molecule has 136 valence electrons. The van der Waals surface area contributed by atoms with E-state index in [1.165, 1.54) is 0 Å². The van der Waals surface area contributed by atoms with E-state index < -0.39 is 6.10 Å². The van der Waals surface area contributed by atoms with Crippen molar-refractivity contribution in [3.05, 3.63) is 28.7 Å². The molecule has 0 aliphatic carbocycles. The number of piperidine rings is 1. The summed E-state index contributed by atoms with van der Waals surface area (Å²) in [5, 5.41) is 6.38. The lowest BCUT2D eigenvalue weighted by Crippen LogP contribution is -2.49. The van der Waals surface area contributed by atoms with E-state index in [2.05, 4.69) is 26.6 Å². The van der Waals surface area contributed by atoms with Crippen LogP contribution in [0.25, 0.3) is 0 Å². The molecule has 1 aliphatic heterocycles. The number of para-hydroxylation sites is 1. The third-order valence-electron chi connectivity index (χ3n) is 4.26. The minimum absolute atomic E-state index is 0. The number of ether oxygens (including phenoxy) is 2. The van der Waals surface area contributed by atoms with E-state index in [1.807, 2.05) is 24.3 Å². The SMILES string of the molecule is COCC1(CNC(=O)C(C)Oc2ccccc2Br)CCNCC1.Cl. The van der Waals surface area contributed by atoms with Gasteiger partial charge in [0, 0.05) is 19.1 Å². The van der Waals surface area contributed by atoms with Crippen LogP contribution in [0.3, 0.4) is 0 Å². The summed E-state index contributed by atoms with van der Waals surface area (Å²) in [6.45, 7) is 4.96. The second-order valence-electron chi connectivity index (χ2n) is 6.09. The molecular weight excluding hydrogens is 396 g/mol. The van der Waals surface area contributed by atoms with Crippen molar-refractivity contribution in [2.24, 2.45) is 5.41 Å². The van der Waals surface area contributed by atoms with Crippen molar-refractivity contribution in [2.75, 3.05) is 33.4 Å². The molecule has 1 atom stereocenters. The monoisotopic (exact) mass is 420 g/mol. The Labute approximate surface area is 158 Å². The van der Waals surface area contributed by atoms with Gasteiger partial charge in [-0.25, -0.2) is 0 Å². The predicted octanol–water partition coefficient (Wildman–Crippen LogP) is 2.77. The summed E-state index contributed by atoms with van der Waals surface area (Å²) in [6.07, 6.45) is 1.45. The molecule has 1 aliphatic rings. The van der Waals surface area contributed by atoms with Crippen LogP contribution in [0.2, 0.25) is 0 Å². The standard InChI is InChI=1S/C17H25BrN2O3.ClH/c1-13(23-15-6-4-3-5-14(15)18)16(21)20-11-17(12-22-2)7-9-19-10-8-17;/h3-6,13,19H,7-12H2,1-2H3,(H,20,21);1H. The van der Waals surface area contributed by atoms with Crippen molar-refractivity contribution in [2.45, 2.75) is 25.9 Å². The highest BCUT2D eigenvalue weighted by Crippen LogP contribution is 2.28. The number of amides is 1. The minimum Gasteiger partial charge on any atom is -0.480 e. The molecule has 1 aromatic carbocycles. The average Bonchev–Trinajstić information content (AvgIpc) is 2.56. The second kappa shape index (κ2) is 10.2. The van der Waals surface area contributed by atoms with E-state index in [1.54, 1.807) is 14.0 Å². The molecule has 0 radical (unpaired) electrons. The smallest absolute Gasteiger partial charge is 0.260 e. The first kappa shape index (κ1) is 21.2. The zero-order valence-corrected chi connectivity index (χ0v) is 16.5. The van der Waals surface area contributed by atoms with Gasteiger partial charge in [0.2, 0.25) is 0 Å². The van der Waals surface area contributed by atoms with E-state index >= 15 is 0 Å². The minimum atomic E-state index is -0.546. The number of carbonyl (C=O) groups is 1. The molecule has 0 bridgehead atoms. The molecule has 0 aromatic heterocycles. The maximum atomic E-state index is 12.3. The molecule has 1 aromatic rings. The zero-order chi connectivity index (χ0) is 16.7. The predicted molar refractivity (Wildman–Crippen MR) is 101 cm³/mol. The Morgan fingerprint density at radius 1 is 1.38 bits per heavy atom. The highest BCUT2D eigenvalue weighted by atomic mass is 79.9. The van der Waals surface area contributed by atoms with Crippen LogP contribution >= 0.6 is 28.3 Å². The molecule has 1 amide bonds. The Bertz CT molecular complexity index is 519. The van der Waals surface area contributed by atoms with Gasteiger partial charge in [-0.1, -0.05) is 12.1 Å². The largest absolute Gasteiger partial charge is 0.480 e. The summed E-state index contributed by atoms with van der Waals surface area (Å²) < 4.78 is 12.0. The van der Waals surface area contributed by atoms with Crippen molar-refractivity contribution in [3.63, 3.8) is 0 Å².